The van der Waals surface area contributed by atoms with Gasteiger partial charge in [0, 0.05) is 43.3 Å². The van der Waals surface area contributed by atoms with Crippen LogP contribution in [0.25, 0.3) is 11.0 Å². The van der Waals surface area contributed by atoms with Gasteiger partial charge in [-0.05, 0) is 73.5 Å². The van der Waals surface area contributed by atoms with E-state index in [1.165, 1.54) is 17.0 Å². The monoisotopic (exact) mass is 522 g/mol. The molecule has 0 saturated carbocycles. The lowest BCUT2D eigenvalue weighted by Gasteiger charge is -2.25. The van der Waals surface area contributed by atoms with E-state index in [1.54, 1.807) is 48.6 Å². The molecule has 198 valence electrons. The van der Waals surface area contributed by atoms with Crippen molar-refractivity contribution in [2.45, 2.75) is 20.4 Å². The predicted molar refractivity (Wildman–Crippen MR) is 152 cm³/mol. The summed E-state index contributed by atoms with van der Waals surface area (Å²) < 4.78 is 0. The Kier molecular flexibility index (Phi) is 8.36. The lowest BCUT2D eigenvalue weighted by Crippen LogP contribution is -2.33. The van der Waals surface area contributed by atoms with Crippen molar-refractivity contribution in [1.82, 2.24) is 14.9 Å². The van der Waals surface area contributed by atoms with Gasteiger partial charge in [0.25, 0.3) is 11.8 Å². The number of carbonyl (C=O) groups is 2. The summed E-state index contributed by atoms with van der Waals surface area (Å²) in [5.74, 6) is -1.06. The highest BCUT2D eigenvalue weighted by Gasteiger charge is 2.22. The molecule has 0 bridgehead atoms. The van der Waals surface area contributed by atoms with Gasteiger partial charge in [0.15, 0.2) is 0 Å². The number of aromatic hydroxyl groups is 2. The van der Waals surface area contributed by atoms with E-state index in [2.05, 4.69) is 9.97 Å². The summed E-state index contributed by atoms with van der Waals surface area (Å²) in [6.45, 7) is 4.42. The number of fused-ring (bicyclic) bond motifs is 1. The molecule has 8 heteroatoms. The molecule has 39 heavy (non-hydrogen) atoms. The molecule has 0 atom stereocenters. The van der Waals surface area contributed by atoms with E-state index in [1.807, 2.05) is 50.3 Å². The number of amides is 2. The van der Waals surface area contributed by atoms with Gasteiger partial charge in [-0.25, -0.2) is 0 Å². The minimum atomic E-state index is -0.438. The maximum absolute atomic E-state index is 13.5. The van der Waals surface area contributed by atoms with Crippen LogP contribution in [-0.4, -0.2) is 50.5 Å². The van der Waals surface area contributed by atoms with Gasteiger partial charge in [-0.1, -0.05) is 24.3 Å². The molecular formula is C31H30N4O4. The van der Waals surface area contributed by atoms with Crippen molar-refractivity contribution in [3.63, 3.8) is 0 Å². The topological polar surface area (TPSA) is 107 Å². The van der Waals surface area contributed by atoms with Crippen LogP contribution >= 0.6 is 0 Å². The Hall–Kier alpha value is -4.98. The van der Waals surface area contributed by atoms with Crippen LogP contribution in [-0.2, 0) is 6.54 Å². The summed E-state index contributed by atoms with van der Waals surface area (Å²) in [6, 6.07) is 16.4. The first-order valence-corrected chi connectivity index (χ1v) is 12.5. The van der Waals surface area contributed by atoms with Crippen molar-refractivity contribution in [2.24, 2.45) is 0 Å². The highest BCUT2D eigenvalue weighted by molar-refractivity contribution is 6.08. The number of carbonyl (C=O) groups excluding carboxylic acids is 2. The zero-order chi connectivity index (χ0) is 27.9. The van der Waals surface area contributed by atoms with E-state index in [0.29, 0.717) is 17.8 Å². The Morgan fingerprint density at radius 1 is 0.872 bits per heavy atom. The molecule has 0 unspecified atom stereocenters. The maximum atomic E-state index is 13.5. The number of rotatable bonds is 8. The number of benzene rings is 3. The first kappa shape index (κ1) is 27.1. The predicted octanol–water partition coefficient (Wildman–Crippen LogP) is 5.48. The second kappa shape index (κ2) is 12.0. The van der Waals surface area contributed by atoms with Crippen LogP contribution in [0.4, 0.5) is 5.69 Å². The first-order chi connectivity index (χ1) is 18.8. The zero-order valence-electron chi connectivity index (χ0n) is 22.1. The van der Waals surface area contributed by atoms with Crippen molar-refractivity contribution in [2.75, 3.05) is 18.5 Å². The van der Waals surface area contributed by atoms with E-state index in [0.717, 1.165) is 28.2 Å². The summed E-state index contributed by atoms with van der Waals surface area (Å²) in [6.07, 6.45) is 8.97. The molecule has 8 nitrogen and oxygen atoms in total. The summed E-state index contributed by atoms with van der Waals surface area (Å²) in [7, 11) is 1.73. The Bertz CT molecular complexity index is 1560. The molecule has 2 amide bonds. The van der Waals surface area contributed by atoms with E-state index in [-0.39, 0.29) is 29.5 Å². The third-order valence-electron chi connectivity index (χ3n) is 6.28. The summed E-state index contributed by atoms with van der Waals surface area (Å²) >= 11 is 0. The second-order valence-electron chi connectivity index (χ2n) is 9.04. The fraction of sp³-hybridized carbons (Fsp3) is 0.161. The SMILES string of the molecule is C/C=C\C(=C/C)CN(C(=O)c1ccc(O)cc1O)c1ccc(C(=O)N(C)Cc2ccc3nccnc3c2)cc1. The van der Waals surface area contributed by atoms with Gasteiger partial charge in [0.1, 0.15) is 11.5 Å². The number of phenols is 2. The van der Waals surface area contributed by atoms with Crippen LogP contribution in [0.15, 0.2) is 96.9 Å². The molecule has 0 spiro atoms. The highest BCUT2D eigenvalue weighted by atomic mass is 16.3. The van der Waals surface area contributed by atoms with Crippen molar-refractivity contribution >= 4 is 28.5 Å². The van der Waals surface area contributed by atoms with Crippen LogP contribution in [0.5, 0.6) is 11.5 Å². The van der Waals surface area contributed by atoms with E-state index >= 15 is 0 Å². The average Bonchev–Trinajstić information content (AvgIpc) is 2.94. The molecule has 4 aromatic rings. The smallest absolute Gasteiger partial charge is 0.262 e. The lowest BCUT2D eigenvalue weighted by atomic mass is 10.1. The third-order valence-corrected chi connectivity index (χ3v) is 6.28. The number of allylic oxidation sites excluding steroid dienone is 2. The Morgan fingerprint density at radius 2 is 1.59 bits per heavy atom. The first-order valence-electron chi connectivity index (χ1n) is 12.5. The fourth-order valence-electron chi connectivity index (χ4n) is 4.22. The van der Waals surface area contributed by atoms with Gasteiger partial charge >= 0.3 is 0 Å². The zero-order valence-corrected chi connectivity index (χ0v) is 22.1. The summed E-state index contributed by atoms with van der Waals surface area (Å²) in [5.41, 5.74) is 4.48. The third kappa shape index (κ3) is 6.30. The van der Waals surface area contributed by atoms with Crippen molar-refractivity contribution < 1.29 is 19.8 Å². The van der Waals surface area contributed by atoms with Gasteiger partial charge in [0.05, 0.1) is 23.1 Å². The van der Waals surface area contributed by atoms with Crippen LogP contribution < -0.4 is 4.90 Å². The van der Waals surface area contributed by atoms with Gasteiger partial charge in [-0.3, -0.25) is 19.6 Å². The lowest BCUT2D eigenvalue weighted by molar-refractivity contribution is 0.0785. The molecular weight excluding hydrogens is 492 g/mol. The molecule has 0 radical (unpaired) electrons. The Morgan fingerprint density at radius 3 is 2.26 bits per heavy atom. The Balaban J connectivity index is 1.57. The molecule has 3 aromatic carbocycles. The molecule has 0 fully saturated rings. The summed E-state index contributed by atoms with van der Waals surface area (Å²) in [5, 5.41) is 20.0. The van der Waals surface area contributed by atoms with E-state index in [9.17, 15) is 19.8 Å². The van der Waals surface area contributed by atoms with Crippen LogP contribution in [0.1, 0.15) is 40.1 Å². The molecule has 0 aliphatic heterocycles. The summed E-state index contributed by atoms with van der Waals surface area (Å²) in [4.78, 5) is 38.4. The van der Waals surface area contributed by atoms with Crippen molar-refractivity contribution in [3.05, 3.63) is 114 Å². The van der Waals surface area contributed by atoms with Crippen LogP contribution in [0, 0.1) is 0 Å². The number of hydrogen-bond acceptors (Lipinski definition) is 6. The minimum Gasteiger partial charge on any atom is -0.508 e. The van der Waals surface area contributed by atoms with E-state index < -0.39 is 5.91 Å². The fourth-order valence-corrected chi connectivity index (χ4v) is 4.22. The molecule has 0 aliphatic carbocycles. The molecule has 2 N–H and O–H groups in total. The van der Waals surface area contributed by atoms with E-state index in [4.69, 9.17) is 0 Å². The molecule has 1 aromatic heterocycles. The maximum Gasteiger partial charge on any atom is 0.262 e. The van der Waals surface area contributed by atoms with Gasteiger partial charge in [-0.2, -0.15) is 0 Å². The molecule has 0 saturated heterocycles. The van der Waals surface area contributed by atoms with Crippen LogP contribution in [0.3, 0.4) is 0 Å². The number of hydrogen-bond donors (Lipinski definition) is 2. The standard InChI is InChI=1S/C31H30N4O4/c1-4-6-21(5-2)20-35(31(39)26-13-12-25(36)18-29(26)37)24-10-8-23(9-11-24)30(38)34(3)19-22-7-14-27-28(17-22)33-16-15-32-27/h4-18,36-37H,19-20H2,1-3H3/b6-4-,21-5+. The Labute approximate surface area is 227 Å². The molecule has 4 rings (SSSR count). The van der Waals surface area contributed by atoms with Crippen molar-refractivity contribution in [3.8, 4) is 11.5 Å². The van der Waals surface area contributed by atoms with Gasteiger partial charge in [0.2, 0.25) is 0 Å². The normalized spacial score (nSPS) is 11.6. The number of aromatic nitrogens is 2. The molecule has 0 aliphatic rings. The van der Waals surface area contributed by atoms with Crippen molar-refractivity contribution in [1.29, 1.82) is 0 Å². The van der Waals surface area contributed by atoms with Gasteiger partial charge < -0.3 is 20.0 Å². The minimum absolute atomic E-state index is 0.0590. The molecule has 1 heterocycles. The quantitative estimate of drug-likeness (QED) is 0.297. The number of nitrogens with zero attached hydrogens (tertiary/aromatic N) is 4. The highest BCUT2D eigenvalue weighted by Crippen LogP contribution is 2.27. The second-order valence-corrected chi connectivity index (χ2v) is 9.04. The average molecular weight is 523 g/mol. The van der Waals surface area contributed by atoms with Gasteiger partial charge in [-0.15, -0.1) is 0 Å². The number of phenolic OH excluding ortho intramolecular Hbond substituents is 2. The van der Waals surface area contributed by atoms with Crippen LogP contribution in [0.2, 0.25) is 0 Å². The largest absolute Gasteiger partial charge is 0.508 e. The number of anilines is 1.